The van der Waals surface area contributed by atoms with Crippen LogP contribution in [0.25, 0.3) is 0 Å². The minimum Gasteiger partial charge on any atom is -0.497 e. The SMILES string of the molecule is COc1cccc(CCN2C[C@H]3CCN(C(=O)CC(C)C)CC[C@H]3S2(=O)=O)c1. The summed E-state index contributed by atoms with van der Waals surface area (Å²) in [6.07, 6.45) is 2.53. The van der Waals surface area contributed by atoms with Crippen LogP contribution in [-0.2, 0) is 21.2 Å². The van der Waals surface area contributed by atoms with Gasteiger partial charge in [0.15, 0.2) is 0 Å². The molecule has 2 fully saturated rings. The first-order chi connectivity index (χ1) is 13.3. The number of carbonyl (C=O) groups excluding carboxylic acids is 1. The van der Waals surface area contributed by atoms with E-state index in [2.05, 4.69) is 0 Å². The molecule has 0 bridgehead atoms. The number of hydrogen-bond donors (Lipinski definition) is 0. The van der Waals surface area contributed by atoms with E-state index >= 15 is 0 Å². The van der Waals surface area contributed by atoms with Crippen molar-refractivity contribution in [3.8, 4) is 5.75 Å². The molecule has 0 spiro atoms. The highest BCUT2D eigenvalue weighted by Crippen LogP contribution is 2.34. The standard InChI is InChI=1S/C21H32N2O4S/c1-16(2)13-21(24)22-10-8-18-15-23(28(25,26)20(18)9-11-22)12-7-17-5-4-6-19(14-17)27-3/h4-6,14,16,18,20H,7-13,15H2,1-3H3/t18-,20-/m1/s1. The molecule has 0 unspecified atom stereocenters. The van der Waals surface area contributed by atoms with Crippen molar-refractivity contribution in [2.75, 3.05) is 33.3 Å². The first-order valence-electron chi connectivity index (χ1n) is 10.2. The van der Waals surface area contributed by atoms with Crippen LogP contribution in [0.4, 0.5) is 0 Å². The molecular weight excluding hydrogens is 376 g/mol. The second-order valence-electron chi connectivity index (χ2n) is 8.36. The van der Waals surface area contributed by atoms with Gasteiger partial charge in [-0.15, -0.1) is 0 Å². The topological polar surface area (TPSA) is 66.9 Å². The molecule has 2 heterocycles. The Hall–Kier alpha value is -1.60. The Morgan fingerprint density at radius 2 is 2.00 bits per heavy atom. The van der Waals surface area contributed by atoms with Crippen molar-refractivity contribution < 1.29 is 17.9 Å². The van der Waals surface area contributed by atoms with Crippen molar-refractivity contribution in [1.29, 1.82) is 0 Å². The van der Waals surface area contributed by atoms with Gasteiger partial charge in [-0.25, -0.2) is 12.7 Å². The summed E-state index contributed by atoms with van der Waals surface area (Å²) in [6.45, 7) is 6.37. The molecule has 2 aliphatic heterocycles. The summed E-state index contributed by atoms with van der Waals surface area (Å²) in [5.74, 6) is 1.39. The maximum Gasteiger partial charge on any atom is 0.222 e. The van der Waals surface area contributed by atoms with Crippen LogP contribution < -0.4 is 4.74 Å². The van der Waals surface area contributed by atoms with Crippen LogP contribution >= 0.6 is 0 Å². The zero-order chi connectivity index (χ0) is 20.3. The molecule has 1 amide bonds. The van der Waals surface area contributed by atoms with E-state index in [1.165, 1.54) is 0 Å². The van der Waals surface area contributed by atoms with Crippen molar-refractivity contribution in [3.63, 3.8) is 0 Å². The molecule has 0 aromatic heterocycles. The maximum absolute atomic E-state index is 13.1. The van der Waals surface area contributed by atoms with E-state index in [1.54, 1.807) is 11.4 Å². The number of sulfonamides is 1. The van der Waals surface area contributed by atoms with Gasteiger partial charge in [0.25, 0.3) is 0 Å². The normalized spacial score (nSPS) is 24.8. The summed E-state index contributed by atoms with van der Waals surface area (Å²) in [5, 5.41) is -0.352. The van der Waals surface area contributed by atoms with E-state index in [9.17, 15) is 13.2 Å². The number of rotatable bonds is 6. The number of amides is 1. The highest BCUT2D eigenvalue weighted by molar-refractivity contribution is 7.90. The van der Waals surface area contributed by atoms with Gasteiger partial charge >= 0.3 is 0 Å². The monoisotopic (exact) mass is 408 g/mol. The summed E-state index contributed by atoms with van der Waals surface area (Å²) < 4.78 is 33.1. The minimum absolute atomic E-state index is 0.118. The molecule has 2 saturated heterocycles. The van der Waals surface area contributed by atoms with Gasteiger partial charge in [0, 0.05) is 32.6 Å². The molecule has 1 aromatic rings. The van der Waals surface area contributed by atoms with E-state index in [-0.39, 0.29) is 17.1 Å². The molecule has 7 heteroatoms. The number of benzene rings is 1. The zero-order valence-electron chi connectivity index (χ0n) is 17.1. The van der Waals surface area contributed by atoms with Crippen LogP contribution in [0.2, 0.25) is 0 Å². The van der Waals surface area contributed by atoms with Gasteiger partial charge in [0.1, 0.15) is 5.75 Å². The van der Waals surface area contributed by atoms with Crippen molar-refractivity contribution in [2.45, 2.75) is 44.8 Å². The van der Waals surface area contributed by atoms with Gasteiger partial charge in [0.05, 0.1) is 12.4 Å². The number of nitrogens with zero attached hydrogens (tertiary/aromatic N) is 2. The highest BCUT2D eigenvalue weighted by atomic mass is 32.2. The minimum atomic E-state index is -3.31. The van der Waals surface area contributed by atoms with Gasteiger partial charge in [-0.2, -0.15) is 0 Å². The van der Waals surface area contributed by atoms with Crippen LogP contribution in [0.1, 0.15) is 38.7 Å². The molecule has 28 heavy (non-hydrogen) atoms. The highest BCUT2D eigenvalue weighted by Gasteiger charge is 2.46. The maximum atomic E-state index is 13.1. The zero-order valence-corrected chi connectivity index (χ0v) is 18.0. The Morgan fingerprint density at radius 3 is 2.71 bits per heavy atom. The molecule has 0 radical (unpaired) electrons. The fourth-order valence-electron chi connectivity index (χ4n) is 4.32. The Morgan fingerprint density at radius 1 is 1.25 bits per heavy atom. The molecule has 2 aliphatic rings. The van der Waals surface area contributed by atoms with Crippen LogP contribution in [0.5, 0.6) is 5.75 Å². The lowest BCUT2D eigenvalue weighted by molar-refractivity contribution is -0.131. The first kappa shape index (κ1) is 21.1. The van der Waals surface area contributed by atoms with Gasteiger partial charge in [-0.3, -0.25) is 4.79 Å². The third-order valence-corrected chi connectivity index (χ3v) is 8.32. The molecule has 1 aromatic carbocycles. The van der Waals surface area contributed by atoms with Crippen molar-refractivity contribution >= 4 is 15.9 Å². The van der Waals surface area contributed by atoms with Gasteiger partial charge in [-0.05, 0) is 48.8 Å². The predicted molar refractivity (Wildman–Crippen MR) is 110 cm³/mol. The molecular formula is C21H32N2O4S. The van der Waals surface area contributed by atoms with Gasteiger partial charge < -0.3 is 9.64 Å². The number of carbonyl (C=O) groups is 1. The van der Waals surface area contributed by atoms with Gasteiger partial charge in [0.2, 0.25) is 15.9 Å². The quantitative estimate of drug-likeness (QED) is 0.725. The second-order valence-corrected chi connectivity index (χ2v) is 10.5. The third-order valence-electron chi connectivity index (χ3n) is 5.88. The summed E-state index contributed by atoms with van der Waals surface area (Å²) in [5.41, 5.74) is 1.08. The lowest BCUT2D eigenvalue weighted by Gasteiger charge is -2.23. The summed E-state index contributed by atoms with van der Waals surface area (Å²) in [4.78, 5) is 14.2. The van der Waals surface area contributed by atoms with Gasteiger partial charge in [-0.1, -0.05) is 26.0 Å². The van der Waals surface area contributed by atoms with Crippen LogP contribution in [0.15, 0.2) is 24.3 Å². The smallest absolute Gasteiger partial charge is 0.222 e. The predicted octanol–water partition coefficient (Wildman–Crippen LogP) is 2.54. The summed E-state index contributed by atoms with van der Waals surface area (Å²) >= 11 is 0. The molecule has 0 aliphatic carbocycles. The fourth-order valence-corrected chi connectivity index (χ4v) is 6.56. The molecule has 0 N–H and O–H groups in total. The van der Waals surface area contributed by atoms with Crippen molar-refractivity contribution in [1.82, 2.24) is 9.21 Å². The lowest BCUT2D eigenvalue weighted by atomic mass is 10.0. The largest absolute Gasteiger partial charge is 0.497 e. The number of fused-ring (bicyclic) bond motifs is 1. The lowest BCUT2D eigenvalue weighted by Crippen LogP contribution is -2.35. The Kier molecular flexibility index (Phi) is 6.65. The Balaban J connectivity index is 1.61. The van der Waals surface area contributed by atoms with Crippen LogP contribution in [0, 0.1) is 11.8 Å². The molecule has 2 atom stereocenters. The number of hydrogen-bond acceptors (Lipinski definition) is 4. The number of likely N-dealkylation sites (tertiary alicyclic amines) is 1. The second kappa shape index (κ2) is 8.82. The van der Waals surface area contributed by atoms with E-state index in [1.807, 2.05) is 43.0 Å². The number of ether oxygens (including phenoxy) is 1. The molecule has 3 rings (SSSR count). The van der Waals surface area contributed by atoms with Crippen LogP contribution in [0.3, 0.4) is 0 Å². The summed E-state index contributed by atoms with van der Waals surface area (Å²) in [7, 11) is -1.67. The van der Waals surface area contributed by atoms with E-state index in [4.69, 9.17) is 4.74 Å². The Bertz CT molecular complexity index is 793. The number of methoxy groups -OCH3 is 1. The fraction of sp³-hybridized carbons (Fsp3) is 0.667. The average Bonchev–Trinajstić information content (AvgIpc) is 2.79. The average molecular weight is 409 g/mol. The molecule has 156 valence electrons. The third kappa shape index (κ3) is 4.69. The van der Waals surface area contributed by atoms with Crippen molar-refractivity contribution in [2.24, 2.45) is 11.8 Å². The van der Waals surface area contributed by atoms with E-state index in [0.717, 1.165) is 17.7 Å². The van der Waals surface area contributed by atoms with Crippen molar-refractivity contribution in [3.05, 3.63) is 29.8 Å². The molecule has 0 saturated carbocycles. The van der Waals surface area contributed by atoms with Crippen LogP contribution in [-0.4, -0.2) is 62.1 Å². The molecule has 6 nitrogen and oxygen atoms in total. The summed E-state index contributed by atoms with van der Waals surface area (Å²) in [6, 6.07) is 7.78. The first-order valence-corrected chi connectivity index (χ1v) is 11.7. The van der Waals surface area contributed by atoms with E-state index in [0.29, 0.717) is 51.4 Å². The van der Waals surface area contributed by atoms with E-state index < -0.39 is 10.0 Å². The Labute approximate surface area is 168 Å².